The van der Waals surface area contributed by atoms with Crippen molar-refractivity contribution < 1.29 is 14.5 Å². The molecule has 0 saturated carbocycles. The van der Waals surface area contributed by atoms with Crippen molar-refractivity contribution in [1.82, 2.24) is 9.97 Å². The highest BCUT2D eigenvalue weighted by molar-refractivity contribution is 5.89. The zero-order valence-electron chi connectivity index (χ0n) is 15.2. The molecule has 1 N–H and O–H groups in total. The van der Waals surface area contributed by atoms with Gasteiger partial charge in [0.25, 0.3) is 0 Å². The number of esters is 1. The number of nitrogens with one attached hydrogen (secondary N) is 1. The summed E-state index contributed by atoms with van der Waals surface area (Å²) < 4.78 is 4.66. The summed E-state index contributed by atoms with van der Waals surface area (Å²) in [7, 11) is 1.31. The first-order chi connectivity index (χ1) is 13.0. The third-order valence-corrected chi connectivity index (χ3v) is 4.64. The molecule has 0 spiro atoms. The van der Waals surface area contributed by atoms with Crippen molar-refractivity contribution in [2.45, 2.75) is 19.8 Å². The van der Waals surface area contributed by atoms with Gasteiger partial charge in [0.2, 0.25) is 11.6 Å². The van der Waals surface area contributed by atoms with Gasteiger partial charge in [-0.2, -0.15) is 0 Å². The number of anilines is 3. The Morgan fingerprint density at radius 1 is 1.26 bits per heavy atom. The van der Waals surface area contributed by atoms with Crippen LogP contribution in [0.4, 0.5) is 23.0 Å². The zero-order valence-corrected chi connectivity index (χ0v) is 15.2. The number of ether oxygens (including phenoxy) is 1. The number of piperidine rings is 1. The second-order valence-corrected chi connectivity index (χ2v) is 6.52. The van der Waals surface area contributed by atoms with Crippen LogP contribution in [0.5, 0.6) is 0 Å². The number of carbonyl (C=O) groups is 1. The van der Waals surface area contributed by atoms with E-state index in [1.807, 2.05) is 4.90 Å². The number of aromatic nitrogens is 2. The van der Waals surface area contributed by atoms with E-state index >= 15 is 0 Å². The molecule has 2 heterocycles. The fraction of sp³-hybridized carbons (Fsp3) is 0.389. The predicted octanol–water partition coefficient (Wildman–Crippen LogP) is 3.15. The van der Waals surface area contributed by atoms with Crippen LogP contribution in [0.25, 0.3) is 0 Å². The molecule has 0 atom stereocenters. The molecule has 0 aliphatic carbocycles. The summed E-state index contributed by atoms with van der Waals surface area (Å²) in [6.45, 7) is 3.63. The molecule has 0 unspecified atom stereocenters. The number of nitrogens with zero attached hydrogens (tertiary/aromatic N) is 4. The molecule has 1 saturated heterocycles. The van der Waals surface area contributed by atoms with E-state index in [4.69, 9.17) is 0 Å². The van der Waals surface area contributed by atoms with E-state index in [1.165, 1.54) is 13.4 Å². The molecule has 27 heavy (non-hydrogen) atoms. The van der Waals surface area contributed by atoms with Gasteiger partial charge in [0.15, 0.2) is 0 Å². The van der Waals surface area contributed by atoms with Crippen molar-refractivity contribution in [2.24, 2.45) is 5.92 Å². The van der Waals surface area contributed by atoms with Crippen molar-refractivity contribution in [2.75, 3.05) is 30.4 Å². The van der Waals surface area contributed by atoms with Crippen molar-refractivity contribution in [3.8, 4) is 0 Å². The average Bonchev–Trinajstić information content (AvgIpc) is 2.68. The molecule has 1 fully saturated rings. The van der Waals surface area contributed by atoms with Crippen LogP contribution >= 0.6 is 0 Å². The molecule has 9 nitrogen and oxygen atoms in total. The van der Waals surface area contributed by atoms with Crippen molar-refractivity contribution in [3.63, 3.8) is 0 Å². The van der Waals surface area contributed by atoms with E-state index in [2.05, 4.69) is 26.9 Å². The van der Waals surface area contributed by atoms with Gasteiger partial charge < -0.3 is 15.0 Å². The molecule has 1 aliphatic rings. The number of carbonyl (C=O) groups excluding carboxylic acids is 1. The van der Waals surface area contributed by atoms with E-state index < -0.39 is 10.9 Å². The molecule has 1 aromatic heterocycles. The molecule has 3 rings (SSSR count). The molecule has 0 amide bonds. The number of nitro groups is 1. The van der Waals surface area contributed by atoms with Gasteiger partial charge in [-0.25, -0.2) is 14.8 Å². The monoisotopic (exact) mass is 371 g/mol. The van der Waals surface area contributed by atoms with Crippen LogP contribution in [0, 0.1) is 16.0 Å². The lowest BCUT2D eigenvalue weighted by Crippen LogP contribution is -2.34. The zero-order chi connectivity index (χ0) is 19.4. The minimum absolute atomic E-state index is 0.120. The highest BCUT2D eigenvalue weighted by Gasteiger charge is 2.29. The van der Waals surface area contributed by atoms with E-state index in [-0.39, 0.29) is 11.5 Å². The summed E-state index contributed by atoms with van der Waals surface area (Å²) in [5.41, 5.74) is 0.815. The standard InChI is InChI=1S/C18H21N5O4/c1-12-7-9-22(10-8-12)17-15(23(25)26)16(19-11-20-17)21-14-5-3-13(4-6-14)18(24)27-2/h3-6,11-12H,7-10H2,1-2H3,(H,19,20,21). The van der Waals surface area contributed by atoms with Crippen molar-refractivity contribution in [1.29, 1.82) is 0 Å². The Hall–Kier alpha value is -3.23. The minimum Gasteiger partial charge on any atom is -0.465 e. The van der Waals surface area contributed by atoms with Crippen LogP contribution in [0.2, 0.25) is 0 Å². The van der Waals surface area contributed by atoms with Gasteiger partial charge in [-0.3, -0.25) is 10.1 Å². The Morgan fingerprint density at radius 3 is 2.52 bits per heavy atom. The number of methoxy groups -OCH3 is 1. The van der Waals surface area contributed by atoms with Crippen molar-refractivity contribution in [3.05, 3.63) is 46.3 Å². The maximum absolute atomic E-state index is 11.7. The van der Waals surface area contributed by atoms with Gasteiger partial charge in [-0.1, -0.05) is 6.92 Å². The van der Waals surface area contributed by atoms with Gasteiger partial charge >= 0.3 is 11.7 Å². The summed E-state index contributed by atoms with van der Waals surface area (Å²) in [6.07, 6.45) is 3.27. The Labute approximate surface area is 156 Å². The Kier molecular flexibility index (Phi) is 5.49. The lowest BCUT2D eigenvalue weighted by atomic mass is 9.99. The van der Waals surface area contributed by atoms with E-state index in [0.717, 1.165) is 25.9 Å². The SMILES string of the molecule is COC(=O)c1ccc(Nc2ncnc(N3CCC(C)CC3)c2[N+](=O)[O-])cc1. The fourth-order valence-corrected chi connectivity index (χ4v) is 3.03. The molecule has 9 heteroatoms. The van der Waals surface area contributed by atoms with Gasteiger partial charge in [0.1, 0.15) is 6.33 Å². The van der Waals surface area contributed by atoms with Gasteiger partial charge in [0.05, 0.1) is 17.6 Å². The van der Waals surface area contributed by atoms with Gasteiger partial charge in [-0.05, 0) is 43.0 Å². The Balaban J connectivity index is 1.88. The summed E-state index contributed by atoms with van der Waals surface area (Å²) in [6, 6.07) is 6.43. The summed E-state index contributed by atoms with van der Waals surface area (Å²) in [5.74, 6) is 0.606. The van der Waals surface area contributed by atoms with Crippen LogP contribution in [0.1, 0.15) is 30.1 Å². The molecule has 1 aromatic carbocycles. The maximum atomic E-state index is 11.7. The highest BCUT2D eigenvalue weighted by Crippen LogP contribution is 2.35. The van der Waals surface area contributed by atoms with Gasteiger partial charge in [-0.15, -0.1) is 0 Å². The number of hydrogen-bond donors (Lipinski definition) is 1. The number of benzene rings is 1. The third kappa shape index (κ3) is 4.13. The predicted molar refractivity (Wildman–Crippen MR) is 100 cm³/mol. The largest absolute Gasteiger partial charge is 0.465 e. The van der Waals surface area contributed by atoms with Crippen LogP contribution < -0.4 is 10.2 Å². The summed E-state index contributed by atoms with van der Waals surface area (Å²) >= 11 is 0. The second-order valence-electron chi connectivity index (χ2n) is 6.52. The second kappa shape index (κ2) is 7.98. The smallest absolute Gasteiger partial charge is 0.353 e. The molecule has 0 radical (unpaired) electrons. The lowest BCUT2D eigenvalue weighted by Gasteiger charge is -2.30. The van der Waals surface area contributed by atoms with E-state index in [0.29, 0.717) is 23.0 Å². The molecular formula is C18H21N5O4. The van der Waals surface area contributed by atoms with E-state index in [1.54, 1.807) is 24.3 Å². The number of rotatable bonds is 5. The Morgan fingerprint density at radius 2 is 1.93 bits per heavy atom. The molecule has 1 aliphatic heterocycles. The molecule has 0 bridgehead atoms. The first-order valence-corrected chi connectivity index (χ1v) is 8.69. The third-order valence-electron chi connectivity index (χ3n) is 4.64. The van der Waals surface area contributed by atoms with Crippen molar-refractivity contribution >= 4 is 29.0 Å². The highest BCUT2D eigenvalue weighted by atomic mass is 16.6. The average molecular weight is 371 g/mol. The molecule has 2 aromatic rings. The van der Waals surface area contributed by atoms with Crippen LogP contribution in [0.15, 0.2) is 30.6 Å². The Bertz CT molecular complexity index is 832. The fourth-order valence-electron chi connectivity index (χ4n) is 3.03. The van der Waals surface area contributed by atoms with Crippen LogP contribution in [0.3, 0.4) is 0 Å². The van der Waals surface area contributed by atoms with E-state index in [9.17, 15) is 14.9 Å². The first-order valence-electron chi connectivity index (χ1n) is 8.69. The van der Waals surface area contributed by atoms with Gasteiger partial charge in [0, 0.05) is 18.8 Å². The summed E-state index contributed by atoms with van der Waals surface area (Å²) in [5, 5.41) is 14.7. The summed E-state index contributed by atoms with van der Waals surface area (Å²) in [4.78, 5) is 32.9. The molecule has 142 valence electrons. The quantitative estimate of drug-likeness (QED) is 0.485. The number of hydrogen-bond acceptors (Lipinski definition) is 8. The van der Waals surface area contributed by atoms with Crippen LogP contribution in [-0.2, 0) is 4.74 Å². The normalized spacial score (nSPS) is 14.7. The maximum Gasteiger partial charge on any atom is 0.353 e. The molecular weight excluding hydrogens is 350 g/mol. The lowest BCUT2D eigenvalue weighted by molar-refractivity contribution is -0.383. The minimum atomic E-state index is -0.460. The topological polar surface area (TPSA) is 110 Å². The van der Waals surface area contributed by atoms with Crippen LogP contribution in [-0.4, -0.2) is 41.1 Å². The first kappa shape index (κ1) is 18.6.